The Hall–Kier alpha value is -3.12. The number of nitrogens with one attached hydrogen (secondary N) is 1. The van der Waals surface area contributed by atoms with Gasteiger partial charge >= 0.3 is 5.63 Å². The van der Waals surface area contributed by atoms with E-state index in [0.717, 1.165) is 22.2 Å². The minimum atomic E-state index is -0.376. The Kier molecular flexibility index (Phi) is 6.09. The molecular formula is C25H28N2O4. The molecule has 3 aromatic rings. The second kappa shape index (κ2) is 8.94. The summed E-state index contributed by atoms with van der Waals surface area (Å²) in [5, 5.41) is 4.29. The molecule has 162 valence electrons. The first-order valence-electron chi connectivity index (χ1n) is 10.7. The van der Waals surface area contributed by atoms with E-state index in [2.05, 4.69) is 25.2 Å². The van der Waals surface area contributed by atoms with Gasteiger partial charge in [-0.25, -0.2) is 4.79 Å². The Morgan fingerprint density at radius 1 is 1.13 bits per heavy atom. The highest BCUT2D eigenvalue weighted by atomic mass is 16.5. The van der Waals surface area contributed by atoms with Gasteiger partial charge in [0.25, 0.3) is 5.91 Å². The fraction of sp³-hybridized carbons (Fsp3) is 0.360. The number of hydrogen-bond donors (Lipinski definition) is 1. The molecule has 6 nitrogen and oxygen atoms in total. The number of hydrogen-bond acceptors (Lipinski definition) is 5. The summed E-state index contributed by atoms with van der Waals surface area (Å²) in [5.41, 5.74) is 4.76. The molecule has 0 unspecified atom stereocenters. The Bertz CT molecular complexity index is 1160. The maximum Gasteiger partial charge on any atom is 0.336 e. The van der Waals surface area contributed by atoms with Gasteiger partial charge in [0.05, 0.1) is 18.8 Å². The topological polar surface area (TPSA) is 71.8 Å². The Labute approximate surface area is 181 Å². The third kappa shape index (κ3) is 4.49. The van der Waals surface area contributed by atoms with Gasteiger partial charge in [0, 0.05) is 36.8 Å². The van der Waals surface area contributed by atoms with Crippen LogP contribution in [0.3, 0.4) is 0 Å². The van der Waals surface area contributed by atoms with Gasteiger partial charge in [-0.05, 0) is 53.8 Å². The zero-order valence-corrected chi connectivity index (χ0v) is 18.2. The Balaban J connectivity index is 1.65. The van der Waals surface area contributed by atoms with Crippen molar-refractivity contribution in [1.29, 1.82) is 0 Å². The number of aryl methyl sites for hydroxylation is 1. The first-order chi connectivity index (χ1) is 14.9. The summed E-state index contributed by atoms with van der Waals surface area (Å²) in [7, 11) is 0. The van der Waals surface area contributed by atoms with Crippen LogP contribution in [0.2, 0.25) is 0 Å². The number of morpholine rings is 1. The van der Waals surface area contributed by atoms with E-state index in [1.54, 1.807) is 0 Å². The van der Waals surface area contributed by atoms with Gasteiger partial charge in [-0.3, -0.25) is 4.79 Å². The molecule has 0 bridgehead atoms. The van der Waals surface area contributed by atoms with E-state index in [1.165, 1.54) is 11.6 Å². The molecule has 0 radical (unpaired) electrons. The second-order valence-electron chi connectivity index (χ2n) is 8.25. The van der Waals surface area contributed by atoms with Crippen molar-refractivity contribution in [2.45, 2.75) is 33.2 Å². The number of amides is 1. The van der Waals surface area contributed by atoms with E-state index in [1.807, 2.05) is 42.2 Å². The van der Waals surface area contributed by atoms with Gasteiger partial charge in [-0.2, -0.15) is 0 Å². The van der Waals surface area contributed by atoms with Crippen LogP contribution in [0, 0.1) is 6.92 Å². The molecule has 1 N–H and O–H groups in total. The van der Waals surface area contributed by atoms with E-state index < -0.39 is 0 Å². The summed E-state index contributed by atoms with van der Waals surface area (Å²) in [5.74, 6) is 0.352. The molecule has 2 aromatic carbocycles. The predicted molar refractivity (Wildman–Crippen MR) is 122 cm³/mol. The Morgan fingerprint density at radius 3 is 2.61 bits per heavy atom. The molecule has 1 aliphatic heterocycles. The van der Waals surface area contributed by atoms with Gasteiger partial charge in [0.15, 0.2) is 0 Å². The summed E-state index contributed by atoms with van der Waals surface area (Å²) >= 11 is 0. The molecular weight excluding hydrogens is 392 g/mol. The molecule has 0 atom stereocenters. The number of fused-ring (bicyclic) bond motifs is 1. The molecule has 1 aliphatic rings. The molecule has 6 heteroatoms. The fourth-order valence-corrected chi connectivity index (χ4v) is 4.11. The minimum Gasteiger partial charge on any atom is -0.423 e. The quantitative estimate of drug-likeness (QED) is 0.623. The van der Waals surface area contributed by atoms with Crippen LogP contribution in [0.1, 0.15) is 46.8 Å². The van der Waals surface area contributed by atoms with Crippen LogP contribution in [-0.2, 0) is 11.3 Å². The minimum absolute atomic E-state index is 0.0125. The van der Waals surface area contributed by atoms with E-state index in [0.29, 0.717) is 49.9 Å². The van der Waals surface area contributed by atoms with Crippen molar-refractivity contribution in [2.24, 2.45) is 0 Å². The van der Waals surface area contributed by atoms with Crippen molar-refractivity contribution in [2.75, 3.05) is 31.6 Å². The number of ether oxygens (including phenoxy) is 1. The number of nitrogens with zero attached hydrogens (tertiary/aromatic N) is 1. The van der Waals surface area contributed by atoms with E-state index >= 15 is 0 Å². The molecule has 1 aromatic heterocycles. The highest BCUT2D eigenvalue weighted by molar-refractivity contribution is 5.99. The summed E-state index contributed by atoms with van der Waals surface area (Å²) in [6.45, 7) is 9.06. The lowest BCUT2D eigenvalue weighted by atomic mass is 9.95. The largest absolute Gasteiger partial charge is 0.423 e. The van der Waals surface area contributed by atoms with Gasteiger partial charge in [0.1, 0.15) is 5.58 Å². The molecule has 2 heterocycles. The van der Waals surface area contributed by atoms with Crippen molar-refractivity contribution in [1.82, 2.24) is 4.90 Å². The first-order valence-corrected chi connectivity index (χ1v) is 10.7. The normalized spacial score (nSPS) is 14.3. The zero-order valence-electron chi connectivity index (χ0n) is 18.2. The number of carbonyl (C=O) groups is 1. The van der Waals surface area contributed by atoms with Gasteiger partial charge in [-0.1, -0.05) is 26.0 Å². The average Bonchev–Trinajstić information content (AvgIpc) is 2.77. The lowest BCUT2D eigenvalue weighted by Crippen LogP contribution is -2.40. The number of para-hydroxylation sites is 1. The second-order valence-corrected chi connectivity index (χ2v) is 8.25. The highest BCUT2D eigenvalue weighted by Crippen LogP contribution is 2.27. The van der Waals surface area contributed by atoms with E-state index in [9.17, 15) is 9.59 Å². The average molecular weight is 421 g/mol. The van der Waals surface area contributed by atoms with Crippen LogP contribution in [0.5, 0.6) is 0 Å². The van der Waals surface area contributed by atoms with Crippen molar-refractivity contribution >= 4 is 22.6 Å². The van der Waals surface area contributed by atoms with Crippen LogP contribution in [0.15, 0.2) is 51.7 Å². The van der Waals surface area contributed by atoms with Crippen molar-refractivity contribution in [3.63, 3.8) is 0 Å². The van der Waals surface area contributed by atoms with E-state index in [4.69, 9.17) is 9.15 Å². The monoisotopic (exact) mass is 420 g/mol. The van der Waals surface area contributed by atoms with Crippen LogP contribution in [0.25, 0.3) is 11.0 Å². The van der Waals surface area contributed by atoms with Crippen LogP contribution in [0.4, 0.5) is 5.69 Å². The molecule has 1 amide bonds. The summed E-state index contributed by atoms with van der Waals surface area (Å²) in [6, 6.07) is 13.1. The van der Waals surface area contributed by atoms with Crippen LogP contribution < -0.4 is 10.9 Å². The first kappa shape index (κ1) is 21.1. The highest BCUT2D eigenvalue weighted by Gasteiger charge is 2.21. The van der Waals surface area contributed by atoms with Crippen molar-refractivity contribution < 1.29 is 13.9 Å². The zero-order chi connectivity index (χ0) is 22.0. The Morgan fingerprint density at radius 2 is 1.87 bits per heavy atom. The number of carbonyl (C=O) groups excluding carboxylic acids is 1. The van der Waals surface area contributed by atoms with Gasteiger partial charge in [-0.15, -0.1) is 0 Å². The van der Waals surface area contributed by atoms with Crippen LogP contribution in [-0.4, -0.2) is 37.1 Å². The number of rotatable bonds is 5. The van der Waals surface area contributed by atoms with Crippen molar-refractivity contribution in [3.8, 4) is 0 Å². The molecule has 1 fully saturated rings. The third-order valence-electron chi connectivity index (χ3n) is 5.76. The summed E-state index contributed by atoms with van der Waals surface area (Å²) in [6.07, 6.45) is 0. The number of benzene rings is 2. The molecule has 4 rings (SSSR count). The molecule has 0 spiro atoms. The smallest absolute Gasteiger partial charge is 0.336 e. The fourth-order valence-electron chi connectivity index (χ4n) is 4.11. The lowest BCUT2D eigenvalue weighted by Gasteiger charge is -2.27. The van der Waals surface area contributed by atoms with Crippen molar-refractivity contribution in [3.05, 3.63) is 75.1 Å². The standard InChI is InChI=1S/C25H28N2O4/c1-16(2)20-14-21-18(13-24(28)31-23(21)12-17(20)3)15-26-22-7-5-4-6-19(22)25(29)27-8-10-30-11-9-27/h4-7,12-14,16,26H,8-11,15H2,1-3H3. The molecule has 0 aliphatic carbocycles. The maximum atomic E-state index is 13.0. The predicted octanol–water partition coefficient (Wildman–Crippen LogP) is 4.31. The summed E-state index contributed by atoms with van der Waals surface area (Å²) in [4.78, 5) is 27.0. The lowest BCUT2D eigenvalue weighted by molar-refractivity contribution is 0.0303. The molecule has 31 heavy (non-hydrogen) atoms. The van der Waals surface area contributed by atoms with Gasteiger partial charge in [0.2, 0.25) is 0 Å². The summed E-state index contributed by atoms with van der Waals surface area (Å²) < 4.78 is 10.8. The number of anilines is 1. The molecule has 0 saturated carbocycles. The van der Waals surface area contributed by atoms with E-state index in [-0.39, 0.29) is 11.5 Å². The maximum absolute atomic E-state index is 13.0. The molecule has 1 saturated heterocycles. The van der Waals surface area contributed by atoms with Crippen LogP contribution >= 0.6 is 0 Å². The third-order valence-corrected chi connectivity index (χ3v) is 5.76. The van der Waals surface area contributed by atoms with Gasteiger partial charge < -0.3 is 19.4 Å². The SMILES string of the molecule is Cc1cc2oc(=O)cc(CNc3ccccc3C(=O)N3CCOCC3)c2cc1C(C)C.